The molecule has 0 spiro atoms. The minimum atomic E-state index is -0.561. The largest absolute Gasteiger partial charge is 0.508 e. The number of fused-ring (bicyclic) bond motifs is 1. The van der Waals surface area contributed by atoms with Crippen LogP contribution in [0.2, 0.25) is 0 Å². The van der Waals surface area contributed by atoms with Crippen LogP contribution >= 0.6 is 0 Å². The zero-order valence-electron chi connectivity index (χ0n) is 22.2. The first-order valence-electron chi connectivity index (χ1n) is 12.7. The number of rotatable bonds is 6. The van der Waals surface area contributed by atoms with Crippen molar-refractivity contribution in [1.29, 1.82) is 0 Å². The summed E-state index contributed by atoms with van der Waals surface area (Å²) in [6.45, 7) is 7.98. The molecule has 3 aromatic rings. The molecule has 4 rings (SSSR count). The second kappa shape index (κ2) is 10.7. The summed E-state index contributed by atoms with van der Waals surface area (Å²) in [6, 6.07) is 18.2. The Morgan fingerprint density at radius 1 is 0.973 bits per heavy atom. The minimum Gasteiger partial charge on any atom is -0.508 e. The fourth-order valence-corrected chi connectivity index (χ4v) is 4.73. The van der Waals surface area contributed by atoms with E-state index in [1.807, 2.05) is 52.0 Å². The summed E-state index contributed by atoms with van der Waals surface area (Å²) in [6.07, 6.45) is 2.59. The highest BCUT2D eigenvalue weighted by atomic mass is 16.5. The molecule has 0 bridgehead atoms. The van der Waals surface area contributed by atoms with E-state index in [-0.39, 0.29) is 23.5 Å². The van der Waals surface area contributed by atoms with Crippen LogP contribution in [0.3, 0.4) is 0 Å². The zero-order valence-corrected chi connectivity index (χ0v) is 22.2. The van der Waals surface area contributed by atoms with Crippen LogP contribution in [-0.4, -0.2) is 30.6 Å². The van der Waals surface area contributed by atoms with Crippen molar-refractivity contribution in [2.75, 3.05) is 18.6 Å². The Labute approximate surface area is 218 Å². The van der Waals surface area contributed by atoms with E-state index in [1.54, 1.807) is 24.1 Å². The van der Waals surface area contributed by atoms with Gasteiger partial charge in [0, 0.05) is 18.2 Å². The third-order valence-corrected chi connectivity index (χ3v) is 6.87. The number of nitrogens with zero attached hydrogens (tertiary/aromatic N) is 1. The maximum absolute atomic E-state index is 13.5. The van der Waals surface area contributed by atoms with Gasteiger partial charge in [-0.15, -0.1) is 0 Å². The van der Waals surface area contributed by atoms with Gasteiger partial charge in [-0.05, 0) is 112 Å². The van der Waals surface area contributed by atoms with Crippen LogP contribution < -0.4 is 14.4 Å². The highest BCUT2D eigenvalue weighted by Crippen LogP contribution is 2.40. The molecule has 1 unspecified atom stereocenters. The Morgan fingerprint density at radius 2 is 1.68 bits per heavy atom. The summed E-state index contributed by atoms with van der Waals surface area (Å²) in [5.41, 5.74) is 4.31. The lowest BCUT2D eigenvalue weighted by molar-refractivity contribution is -0.143. The monoisotopic (exact) mass is 501 g/mol. The van der Waals surface area contributed by atoms with Crippen molar-refractivity contribution < 1.29 is 24.2 Å². The predicted molar refractivity (Wildman–Crippen MR) is 145 cm³/mol. The second-order valence-corrected chi connectivity index (χ2v) is 10.5. The molecule has 194 valence electrons. The van der Waals surface area contributed by atoms with E-state index in [0.717, 1.165) is 30.5 Å². The van der Waals surface area contributed by atoms with Gasteiger partial charge in [-0.3, -0.25) is 9.59 Å². The number of carbonyl (C=O) groups is 2. The Kier molecular flexibility index (Phi) is 7.58. The summed E-state index contributed by atoms with van der Waals surface area (Å²) < 4.78 is 11.1. The summed E-state index contributed by atoms with van der Waals surface area (Å²) in [4.78, 5) is 27.6. The van der Waals surface area contributed by atoms with Crippen LogP contribution in [0.15, 0.2) is 60.7 Å². The lowest BCUT2D eigenvalue weighted by atomic mass is 9.79. The fraction of sp³-hybridized carbons (Fsp3) is 0.355. The number of methoxy groups -OCH3 is 1. The molecule has 6 nitrogen and oxygen atoms in total. The number of esters is 1. The van der Waals surface area contributed by atoms with Crippen molar-refractivity contribution >= 4 is 17.6 Å². The lowest BCUT2D eigenvalue weighted by Crippen LogP contribution is -2.32. The Balaban J connectivity index is 1.63. The van der Waals surface area contributed by atoms with Crippen LogP contribution in [0.1, 0.15) is 67.1 Å². The van der Waals surface area contributed by atoms with Crippen molar-refractivity contribution in [2.24, 2.45) is 5.41 Å². The van der Waals surface area contributed by atoms with Crippen molar-refractivity contribution in [3.63, 3.8) is 0 Å². The van der Waals surface area contributed by atoms with Gasteiger partial charge in [0.05, 0.1) is 18.2 Å². The predicted octanol–water partition coefficient (Wildman–Crippen LogP) is 6.29. The summed E-state index contributed by atoms with van der Waals surface area (Å²) >= 11 is 0. The Morgan fingerprint density at radius 3 is 2.32 bits per heavy atom. The quantitative estimate of drug-likeness (QED) is 0.317. The number of benzene rings is 3. The van der Waals surface area contributed by atoms with Gasteiger partial charge < -0.3 is 19.5 Å². The van der Waals surface area contributed by atoms with E-state index in [9.17, 15) is 14.7 Å². The average molecular weight is 502 g/mol. The molecule has 0 saturated carbocycles. The number of ether oxygens (including phenoxy) is 2. The summed E-state index contributed by atoms with van der Waals surface area (Å²) in [5, 5.41) is 9.64. The van der Waals surface area contributed by atoms with Gasteiger partial charge in [-0.25, -0.2) is 0 Å². The number of hydrogen-bond acceptors (Lipinski definition) is 5. The van der Waals surface area contributed by atoms with E-state index < -0.39 is 5.41 Å². The number of carbonyl (C=O) groups excluding carboxylic acids is 2. The highest BCUT2D eigenvalue weighted by Gasteiger charge is 2.28. The molecule has 37 heavy (non-hydrogen) atoms. The first-order valence-corrected chi connectivity index (χ1v) is 12.7. The average Bonchev–Trinajstić information content (AvgIpc) is 2.88. The number of aromatic hydroxyl groups is 1. The van der Waals surface area contributed by atoms with E-state index >= 15 is 0 Å². The van der Waals surface area contributed by atoms with Crippen molar-refractivity contribution in [2.45, 2.75) is 52.9 Å². The molecule has 1 aliphatic rings. The molecule has 3 aromatic carbocycles. The van der Waals surface area contributed by atoms with Gasteiger partial charge in [0.15, 0.2) is 0 Å². The molecular weight excluding hydrogens is 466 g/mol. The lowest BCUT2D eigenvalue weighted by Gasteiger charge is -2.31. The SMILES string of the molecule is CCN(C(=O)c1ccc(O)cc1)c1cc(OC)ccc1C1CCc2cc(OC(=O)C(C)(C)C)ccc2C1. The molecule has 6 heteroatoms. The van der Waals surface area contributed by atoms with E-state index in [0.29, 0.717) is 23.6 Å². The van der Waals surface area contributed by atoms with Crippen LogP contribution in [0.25, 0.3) is 0 Å². The second-order valence-electron chi connectivity index (χ2n) is 10.5. The molecule has 0 aliphatic heterocycles. The molecule has 0 heterocycles. The fourth-order valence-electron chi connectivity index (χ4n) is 4.73. The first-order chi connectivity index (χ1) is 17.6. The minimum absolute atomic E-state index is 0.124. The highest BCUT2D eigenvalue weighted by molar-refractivity contribution is 6.06. The molecule has 1 N–H and O–H groups in total. The van der Waals surface area contributed by atoms with Gasteiger partial charge in [-0.1, -0.05) is 12.1 Å². The van der Waals surface area contributed by atoms with E-state index in [2.05, 4.69) is 12.1 Å². The van der Waals surface area contributed by atoms with Crippen LogP contribution in [0.5, 0.6) is 17.2 Å². The number of hydrogen-bond donors (Lipinski definition) is 1. The molecule has 0 saturated heterocycles. The number of amides is 1. The van der Waals surface area contributed by atoms with Gasteiger partial charge in [0.2, 0.25) is 0 Å². The van der Waals surface area contributed by atoms with Gasteiger partial charge in [0.25, 0.3) is 5.91 Å². The van der Waals surface area contributed by atoms with E-state index in [1.165, 1.54) is 23.3 Å². The molecule has 0 radical (unpaired) electrons. The molecule has 1 amide bonds. The number of phenolic OH excluding ortho intramolecular Hbond substituents is 1. The number of phenols is 1. The molecule has 0 fully saturated rings. The van der Waals surface area contributed by atoms with Crippen LogP contribution in [-0.2, 0) is 17.6 Å². The normalized spacial score (nSPS) is 15.0. The van der Waals surface area contributed by atoms with Gasteiger partial charge >= 0.3 is 5.97 Å². The van der Waals surface area contributed by atoms with E-state index in [4.69, 9.17) is 9.47 Å². The topological polar surface area (TPSA) is 76.1 Å². The summed E-state index contributed by atoms with van der Waals surface area (Å²) in [7, 11) is 1.62. The smallest absolute Gasteiger partial charge is 0.316 e. The molecule has 1 aliphatic carbocycles. The summed E-state index contributed by atoms with van der Waals surface area (Å²) in [5.74, 6) is 1.24. The molecule has 1 atom stereocenters. The molecular formula is C31H35NO5. The zero-order chi connectivity index (χ0) is 26.7. The number of anilines is 1. The number of aryl methyl sites for hydroxylation is 1. The third kappa shape index (κ3) is 5.79. The van der Waals surface area contributed by atoms with Crippen molar-refractivity contribution in [3.8, 4) is 17.2 Å². The first kappa shape index (κ1) is 26.3. The van der Waals surface area contributed by atoms with Crippen molar-refractivity contribution in [3.05, 3.63) is 82.9 Å². The Bertz CT molecular complexity index is 1290. The van der Waals surface area contributed by atoms with Crippen molar-refractivity contribution in [1.82, 2.24) is 0 Å². The van der Waals surface area contributed by atoms with Crippen LogP contribution in [0, 0.1) is 5.41 Å². The maximum atomic E-state index is 13.5. The van der Waals surface area contributed by atoms with Gasteiger partial charge in [0.1, 0.15) is 17.2 Å². The third-order valence-electron chi connectivity index (χ3n) is 6.87. The standard InChI is InChI=1S/C31H35NO5/c1-6-32(29(34)20-9-12-24(33)13-10-20)28-19-25(36-5)15-16-27(28)23-8-7-22-18-26(14-11-21(22)17-23)37-30(35)31(2,3)4/h9-16,18-19,23,33H,6-8,17H2,1-5H3. The maximum Gasteiger partial charge on any atom is 0.316 e. The van der Waals surface area contributed by atoms with Gasteiger partial charge in [-0.2, -0.15) is 0 Å². The molecule has 0 aromatic heterocycles. The van der Waals surface area contributed by atoms with Crippen LogP contribution in [0.4, 0.5) is 5.69 Å². The Hall–Kier alpha value is -3.80.